The number of carbonyl (C=O) groups is 1. The number of Topliss-reactive ketones (excluding diaryl/α,β-unsaturated/α-hetero) is 1. The number of fused-ring (bicyclic) bond motifs is 1. The minimum Gasteiger partial charge on any atom is -0.324 e. The van der Waals surface area contributed by atoms with E-state index in [1.54, 1.807) is 0 Å². The number of non-ortho nitro benzene ring substituents is 1. The Kier molecular flexibility index (Phi) is 1.82. The smallest absolute Gasteiger partial charge is 0.269 e. The topological polar surface area (TPSA) is 86.2 Å². The summed E-state index contributed by atoms with van der Waals surface area (Å²) in [6, 6.07) is 3.79. The summed E-state index contributed by atoms with van der Waals surface area (Å²) in [5.74, 6) is -0.0394. The lowest BCUT2D eigenvalue weighted by Crippen LogP contribution is -2.06. The van der Waals surface area contributed by atoms with Crippen LogP contribution in [0.15, 0.2) is 18.2 Å². The molecule has 0 unspecified atom stereocenters. The fourth-order valence-electron chi connectivity index (χ4n) is 1.64. The van der Waals surface area contributed by atoms with Gasteiger partial charge in [0.2, 0.25) is 0 Å². The summed E-state index contributed by atoms with van der Waals surface area (Å²) < 4.78 is 0. The van der Waals surface area contributed by atoms with Gasteiger partial charge in [0.25, 0.3) is 5.69 Å². The Bertz CT molecular complexity index is 428. The Balaban J connectivity index is 2.55. The second-order valence-corrected chi connectivity index (χ2v) is 3.26. The summed E-state index contributed by atoms with van der Waals surface area (Å²) in [7, 11) is 0. The fourth-order valence-corrected chi connectivity index (χ4v) is 1.64. The quantitative estimate of drug-likeness (QED) is 0.534. The van der Waals surface area contributed by atoms with E-state index in [-0.39, 0.29) is 17.9 Å². The van der Waals surface area contributed by atoms with Crippen molar-refractivity contribution in [3.8, 4) is 0 Å². The van der Waals surface area contributed by atoms with E-state index in [1.165, 1.54) is 18.2 Å². The summed E-state index contributed by atoms with van der Waals surface area (Å²) >= 11 is 0. The van der Waals surface area contributed by atoms with Crippen molar-refractivity contribution in [3.05, 3.63) is 39.4 Å². The Morgan fingerprint density at radius 2 is 2.21 bits per heavy atom. The van der Waals surface area contributed by atoms with E-state index in [0.29, 0.717) is 11.1 Å². The Hall–Kier alpha value is -1.75. The largest absolute Gasteiger partial charge is 0.324 e. The van der Waals surface area contributed by atoms with E-state index < -0.39 is 11.0 Å². The van der Waals surface area contributed by atoms with Crippen molar-refractivity contribution in [3.63, 3.8) is 0 Å². The molecule has 0 radical (unpaired) electrons. The number of carbonyl (C=O) groups excluding carboxylic acids is 1. The van der Waals surface area contributed by atoms with Crippen molar-refractivity contribution < 1.29 is 9.72 Å². The maximum atomic E-state index is 11.3. The zero-order valence-corrected chi connectivity index (χ0v) is 7.27. The van der Waals surface area contributed by atoms with E-state index in [1.807, 2.05) is 0 Å². The number of ketones is 1. The average molecular weight is 192 g/mol. The highest BCUT2D eigenvalue weighted by atomic mass is 16.6. The van der Waals surface area contributed by atoms with Gasteiger partial charge in [-0.3, -0.25) is 14.9 Å². The van der Waals surface area contributed by atoms with Crippen LogP contribution in [-0.2, 0) is 0 Å². The molecule has 0 bridgehead atoms. The monoisotopic (exact) mass is 192 g/mol. The van der Waals surface area contributed by atoms with Crippen LogP contribution in [0, 0.1) is 10.1 Å². The van der Waals surface area contributed by atoms with Crippen LogP contribution in [0.1, 0.15) is 28.4 Å². The lowest BCUT2D eigenvalue weighted by Gasteiger charge is -2.01. The molecule has 5 heteroatoms. The first-order valence-corrected chi connectivity index (χ1v) is 4.16. The number of benzene rings is 1. The minimum absolute atomic E-state index is 0.0195. The maximum absolute atomic E-state index is 11.3. The van der Waals surface area contributed by atoms with Crippen LogP contribution in [0.25, 0.3) is 0 Å². The Morgan fingerprint density at radius 1 is 1.50 bits per heavy atom. The molecule has 1 aliphatic carbocycles. The highest BCUT2D eigenvalue weighted by Gasteiger charge is 2.28. The van der Waals surface area contributed by atoms with Crippen LogP contribution in [0.4, 0.5) is 5.69 Å². The van der Waals surface area contributed by atoms with Gasteiger partial charge in [-0.05, 0) is 11.6 Å². The van der Waals surface area contributed by atoms with Gasteiger partial charge in [-0.2, -0.15) is 0 Å². The van der Waals surface area contributed by atoms with E-state index in [2.05, 4.69) is 0 Å². The van der Waals surface area contributed by atoms with Gasteiger partial charge in [-0.15, -0.1) is 0 Å². The van der Waals surface area contributed by atoms with E-state index >= 15 is 0 Å². The molecular weight excluding hydrogens is 184 g/mol. The summed E-state index contributed by atoms with van der Waals surface area (Å²) in [5, 5.41) is 10.5. The molecule has 0 fully saturated rings. The van der Waals surface area contributed by atoms with E-state index in [9.17, 15) is 14.9 Å². The summed E-state index contributed by atoms with van der Waals surface area (Å²) in [5.41, 5.74) is 6.75. The second kappa shape index (κ2) is 2.88. The fraction of sp³-hybridized carbons (Fsp3) is 0.222. The first-order valence-electron chi connectivity index (χ1n) is 4.16. The molecule has 0 heterocycles. The Labute approximate surface area is 79.7 Å². The van der Waals surface area contributed by atoms with Crippen molar-refractivity contribution in [1.82, 2.24) is 0 Å². The molecule has 1 aromatic carbocycles. The molecule has 5 nitrogen and oxygen atoms in total. The van der Waals surface area contributed by atoms with Crippen molar-refractivity contribution in [2.75, 3.05) is 0 Å². The number of nitro groups is 1. The second-order valence-electron chi connectivity index (χ2n) is 3.26. The normalized spacial score (nSPS) is 19.5. The maximum Gasteiger partial charge on any atom is 0.269 e. The van der Waals surface area contributed by atoms with Crippen molar-refractivity contribution in [2.24, 2.45) is 5.73 Å². The molecule has 1 aromatic rings. The molecule has 0 saturated carbocycles. The van der Waals surface area contributed by atoms with E-state index in [4.69, 9.17) is 5.73 Å². The van der Waals surface area contributed by atoms with Crippen LogP contribution in [0.2, 0.25) is 0 Å². The number of nitrogens with zero attached hydrogens (tertiary/aromatic N) is 1. The number of hydrogen-bond acceptors (Lipinski definition) is 4. The van der Waals surface area contributed by atoms with Crippen LogP contribution >= 0.6 is 0 Å². The van der Waals surface area contributed by atoms with Crippen LogP contribution in [0.3, 0.4) is 0 Å². The van der Waals surface area contributed by atoms with Crippen LogP contribution in [0.5, 0.6) is 0 Å². The summed E-state index contributed by atoms with van der Waals surface area (Å²) in [6.45, 7) is 0. The number of hydrogen-bond donors (Lipinski definition) is 1. The third-order valence-corrected chi connectivity index (χ3v) is 2.35. The summed E-state index contributed by atoms with van der Waals surface area (Å²) in [6.07, 6.45) is 0.247. The molecule has 1 atom stereocenters. The standard InChI is InChI=1S/C9H8N2O3/c10-8-4-9(12)6-2-1-5(11(13)14)3-7(6)8/h1-3,8H,4,10H2/t8-/m0/s1. The number of nitrogens with two attached hydrogens (primary N) is 1. The molecule has 0 aliphatic heterocycles. The van der Waals surface area contributed by atoms with Gasteiger partial charge in [0.1, 0.15) is 0 Å². The predicted molar refractivity (Wildman–Crippen MR) is 49.0 cm³/mol. The molecular formula is C9H8N2O3. The van der Waals surface area contributed by atoms with Gasteiger partial charge in [-0.25, -0.2) is 0 Å². The molecule has 72 valence electrons. The highest BCUT2D eigenvalue weighted by molar-refractivity contribution is 6.01. The van der Waals surface area contributed by atoms with E-state index in [0.717, 1.165) is 0 Å². The highest BCUT2D eigenvalue weighted by Crippen LogP contribution is 2.31. The summed E-state index contributed by atoms with van der Waals surface area (Å²) in [4.78, 5) is 21.3. The number of rotatable bonds is 1. The molecule has 2 rings (SSSR count). The molecule has 14 heavy (non-hydrogen) atoms. The lowest BCUT2D eigenvalue weighted by molar-refractivity contribution is -0.384. The zero-order valence-electron chi connectivity index (χ0n) is 7.27. The first kappa shape index (κ1) is 8.83. The molecule has 0 aromatic heterocycles. The van der Waals surface area contributed by atoms with Gasteiger partial charge in [0, 0.05) is 30.2 Å². The molecule has 2 N–H and O–H groups in total. The zero-order chi connectivity index (χ0) is 10.3. The van der Waals surface area contributed by atoms with Crippen LogP contribution in [-0.4, -0.2) is 10.7 Å². The minimum atomic E-state index is -0.490. The SMILES string of the molecule is N[C@H]1CC(=O)c2ccc([N+](=O)[O-])cc21. The average Bonchev–Trinajstić information content (AvgIpc) is 2.42. The molecule has 0 amide bonds. The lowest BCUT2D eigenvalue weighted by atomic mass is 10.1. The molecule has 0 spiro atoms. The third-order valence-electron chi connectivity index (χ3n) is 2.35. The number of nitro benzene ring substituents is 1. The van der Waals surface area contributed by atoms with Crippen molar-refractivity contribution in [1.29, 1.82) is 0 Å². The van der Waals surface area contributed by atoms with Crippen molar-refractivity contribution in [2.45, 2.75) is 12.5 Å². The van der Waals surface area contributed by atoms with Gasteiger partial charge in [0.15, 0.2) is 5.78 Å². The third kappa shape index (κ3) is 1.18. The van der Waals surface area contributed by atoms with Gasteiger partial charge < -0.3 is 5.73 Å². The van der Waals surface area contributed by atoms with Crippen molar-refractivity contribution >= 4 is 11.5 Å². The first-order chi connectivity index (χ1) is 6.59. The van der Waals surface area contributed by atoms with Crippen LogP contribution < -0.4 is 5.73 Å². The molecule has 0 saturated heterocycles. The predicted octanol–water partition coefficient (Wildman–Crippen LogP) is 1.18. The van der Waals surface area contributed by atoms with Gasteiger partial charge in [0.05, 0.1) is 4.92 Å². The van der Waals surface area contributed by atoms with Gasteiger partial charge in [-0.1, -0.05) is 0 Å². The van der Waals surface area contributed by atoms with Gasteiger partial charge >= 0.3 is 0 Å². The Morgan fingerprint density at radius 3 is 2.86 bits per heavy atom. The molecule has 1 aliphatic rings.